The second kappa shape index (κ2) is 5.18. The summed E-state index contributed by atoms with van der Waals surface area (Å²) in [5, 5.41) is 23.4. The lowest BCUT2D eigenvalue weighted by Gasteiger charge is -2.52. The Morgan fingerprint density at radius 2 is 1.89 bits per heavy atom. The lowest BCUT2D eigenvalue weighted by molar-refractivity contribution is -0.303. The number of carbonyl (C=O) groups is 1. The smallest absolute Gasteiger partial charge is 0.164 e. The molecule has 0 aromatic carbocycles. The van der Waals surface area contributed by atoms with Crippen molar-refractivity contribution in [2.75, 3.05) is 6.61 Å². The molecule has 5 heteroatoms. The van der Waals surface area contributed by atoms with E-state index in [2.05, 4.69) is 20.8 Å². The van der Waals surface area contributed by atoms with Crippen LogP contribution in [0.5, 0.6) is 0 Å². The first kappa shape index (κ1) is 19.0. The lowest BCUT2D eigenvalue weighted by atomic mass is 9.59. The van der Waals surface area contributed by atoms with E-state index in [0.29, 0.717) is 18.1 Å². The number of allylic oxidation sites excluding steroid dienone is 1. The third-order valence-electron chi connectivity index (χ3n) is 8.71. The molecule has 0 aromatic heterocycles. The molecule has 0 aromatic rings. The maximum atomic E-state index is 14.1. The molecule has 5 aliphatic rings. The van der Waals surface area contributed by atoms with Gasteiger partial charge in [0.05, 0.1) is 12.0 Å². The van der Waals surface area contributed by atoms with Crippen LogP contribution >= 0.6 is 0 Å². The number of hydrogen-bond donors (Lipinski definition) is 2. The van der Waals surface area contributed by atoms with Crippen LogP contribution in [0.25, 0.3) is 0 Å². The van der Waals surface area contributed by atoms with E-state index in [0.717, 1.165) is 12.0 Å². The molecule has 6 unspecified atom stereocenters. The Morgan fingerprint density at radius 3 is 2.57 bits per heavy atom. The molecular formula is C23H32O5. The summed E-state index contributed by atoms with van der Waals surface area (Å²) in [6.07, 6.45) is 2.85. The summed E-state index contributed by atoms with van der Waals surface area (Å²) < 4.78 is 12.1. The average Bonchev–Trinajstić information content (AvgIpc) is 3.10. The molecule has 0 radical (unpaired) electrons. The van der Waals surface area contributed by atoms with Gasteiger partial charge >= 0.3 is 0 Å². The molecule has 1 saturated heterocycles. The van der Waals surface area contributed by atoms with Gasteiger partial charge in [-0.15, -0.1) is 0 Å². The molecule has 2 bridgehead atoms. The summed E-state index contributed by atoms with van der Waals surface area (Å²) >= 11 is 0. The fourth-order valence-corrected chi connectivity index (χ4v) is 7.14. The van der Waals surface area contributed by atoms with Gasteiger partial charge in [0.15, 0.2) is 11.6 Å². The number of carbonyl (C=O) groups excluding carboxylic acids is 1. The standard InChI is InChI=1S/C23H32O5/c1-11-9-22-12(2)7-15-16(20(15,3)4)14(18(22)25)8-13-10-27-21(5,6)28-19(13)23(22,26)17(11)24/h8-9,12,14-17,19,24,26H,7,10H2,1-6H3/t12?,14-,15?,16?,17?,19?,22-,23?/m0/s1. The van der Waals surface area contributed by atoms with Crippen LogP contribution in [0.3, 0.4) is 0 Å². The molecule has 2 N–H and O–H groups in total. The van der Waals surface area contributed by atoms with Gasteiger partial charge in [-0.1, -0.05) is 32.9 Å². The van der Waals surface area contributed by atoms with Crippen LogP contribution in [-0.4, -0.2) is 46.2 Å². The molecule has 4 aliphatic carbocycles. The van der Waals surface area contributed by atoms with Crippen molar-refractivity contribution < 1.29 is 24.5 Å². The maximum absolute atomic E-state index is 14.1. The first-order chi connectivity index (χ1) is 12.9. The maximum Gasteiger partial charge on any atom is 0.164 e. The minimum absolute atomic E-state index is 0.0415. The summed E-state index contributed by atoms with van der Waals surface area (Å²) in [5.74, 6) is -0.504. The largest absolute Gasteiger partial charge is 0.386 e. The number of aliphatic hydroxyl groups is 2. The van der Waals surface area contributed by atoms with Gasteiger partial charge in [0.25, 0.3) is 0 Å². The number of rotatable bonds is 0. The van der Waals surface area contributed by atoms with Gasteiger partial charge in [-0.25, -0.2) is 0 Å². The third kappa shape index (κ3) is 1.95. The fourth-order valence-electron chi connectivity index (χ4n) is 7.14. The Hall–Kier alpha value is -1.01. The molecule has 0 amide bonds. The molecule has 28 heavy (non-hydrogen) atoms. The predicted molar refractivity (Wildman–Crippen MR) is 103 cm³/mol. The third-order valence-corrected chi connectivity index (χ3v) is 8.71. The summed E-state index contributed by atoms with van der Waals surface area (Å²) in [6.45, 7) is 12.3. The fraction of sp³-hybridized carbons (Fsp3) is 0.783. The molecule has 1 heterocycles. The van der Waals surface area contributed by atoms with Crippen LogP contribution in [-0.2, 0) is 14.3 Å². The number of aliphatic hydroxyl groups excluding tert-OH is 1. The van der Waals surface area contributed by atoms with Gasteiger partial charge in [-0.2, -0.15) is 0 Å². The van der Waals surface area contributed by atoms with Crippen molar-refractivity contribution in [3.8, 4) is 0 Å². The van der Waals surface area contributed by atoms with E-state index in [4.69, 9.17) is 9.47 Å². The molecule has 3 fully saturated rings. The van der Waals surface area contributed by atoms with Crippen molar-refractivity contribution in [2.24, 2.45) is 34.5 Å². The highest BCUT2D eigenvalue weighted by Crippen LogP contribution is 2.72. The highest BCUT2D eigenvalue weighted by Gasteiger charge is 2.76. The van der Waals surface area contributed by atoms with E-state index in [1.54, 1.807) is 0 Å². The number of ketones is 1. The quantitative estimate of drug-likeness (QED) is 0.624. The van der Waals surface area contributed by atoms with E-state index in [9.17, 15) is 15.0 Å². The van der Waals surface area contributed by atoms with Crippen LogP contribution in [0.15, 0.2) is 23.3 Å². The van der Waals surface area contributed by atoms with Gasteiger partial charge < -0.3 is 19.7 Å². The molecule has 2 saturated carbocycles. The molecular weight excluding hydrogens is 356 g/mol. The zero-order valence-corrected chi connectivity index (χ0v) is 17.7. The highest BCUT2D eigenvalue weighted by molar-refractivity contribution is 5.95. The van der Waals surface area contributed by atoms with Crippen LogP contribution in [0.2, 0.25) is 0 Å². The Kier molecular flexibility index (Phi) is 3.51. The van der Waals surface area contributed by atoms with E-state index < -0.39 is 29.0 Å². The summed E-state index contributed by atoms with van der Waals surface area (Å²) in [7, 11) is 0. The molecule has 1 spiro atoms. The minimum atomic E-state index is -1.71. The Bertz CT molecular complexity index is 823. The van der Waals surface area contributed by atoms with Gasteiger partial charge in [0.2, 0.25) is 0 Å². The van der Waals surface area contributed by atoms with E-state index in [1.807, 2.05) is 32.9 Å². The number of Topliss-reactive ketones (excluding diaryl/α,β-unsaturated/α-hetero) is 1. The zero-order valence-electron chi connectivity index (χ0n) is 17.7. The van der Waals surface area contributed by atoms with Crippen LogP contribution in [0.4, 0.5) is 0 Å². The Labute approximate surface area is 166 Å². The predicted octanol–water partition coefficient (Wildman–Crippen LogP) is 2.61. The van der Waals surface area contributed by atoms with Crippen LogP contribution in [0, 0.1) is 34.5 Å². The Morgan fingerprint density at radius 1 is 1.21 bits per heavy atom. The van der Waals surface area contributed by atoms with Crippen LogP contribution < -0.4 is 0 Å². The van der Waals surface area contributed by atoms with Crippen molar-refractivity contribution in [3.05, 3.63) is 23.3 Å². The van der Waals surface area contributed by atoms with Gasteiger partial charge in [-0.05, 0) is 61.5 Å². The molecule has 5 rings (SSSR count). The second-order valence-electron chi connectivity index (χ2n) is 10.9. The van der Waals surface area contributed by atoms with E-state index in [1.165, 1.54) is 0 Å². The van der Waals surface area contributed by atoms with Gasteiger partial charge in [-0.3, -0.25) is 4.79 Å². The van der Waals surface area contributed by atoms with Crippen molar-refractivity contribution >= 4 is 5.78 Å². The Balaban J connectivity index is 1.77. The van der Waals surface area contributed by atoms with E-state index in [-0.39, 0.29) is 29.0 Å². The average molecular weight is 389 g/mol. The first-order valence-corrected chi connectivity index (χ1v) is 10.5. The topological polar surface area (TPSA) is 76.0 Å². The minimum Gasteiger partial charge on any atom is -0.386 e. The number of ether oxygens (including phenoxy) is 2. The van der Waals surface area contributed by atoms with Crippen molar-refractivity contribution in [1.82, 2.24) is 0 Å². The SMILES string of the molecule is CC1=C[C@]23C(=O)[C@@H](C=C4COC(C)(C)OC4C2(O)C1O)C1C(CC3C)C1(C)C. The highest BCUT2D eigenvalue weighted by atomic mass is 16.7. The molecule has 1 aliphatic heterocycles. The van der Waals surface area contributed by atoms with Gasteiger partial charge in [0.1, 0.15) is 17.8 Å². The summed E-state index contributed by atoms with van der Waals surface area (Å²) in [6, 6.07) is 0. The first-order valence-electron chi connectivity index (χ1n) is 10.5. The monoisotopic (exact) mass is 388 g/mol. The number of fused-ring (bicyclic) bond motifs is 5. The number of hydrogen-bond acceptors (Lipinski definition) is 5. The normalized spacial score (nSPS) is 53.1. The van der Waals surface area contributed by atoms with Gasteiger partial charge in [0, 0.05) is 5.92 Å². The molecule has 5 nitrogen and oxygen atoms in total. The van der Waals surface area contributed by atoms with Crippen molar-refractivity contribution in [1.29, 1.82) is 0 Å². The molecule has 8 atom stereocenters. The van der Waals surface area contributed by atoms with Crippen molar-refractivity contribution in [2.45, 2.75) is 71.6 Å². The zero-order chi connectivity index (χ0) is 20.4. The second-order valence-corrected chi connectivity index (χ2v) is 10.9. The van der Waals surface area contributed by atoms with Crippen LogP contribution in [0.1, 0.15) is 48.0 Å². The summed E-state index contributed by atoms with van der Waals surface area (Å²) in [5.41, 5.74) is -1.29. The van der Waals surface area contributed by atoms with E-state index >= 15 is 0 Å². The lowest BCUT2D eigenvalue weighted by Crippen LogP contribution is -2.67. The van der Waals surface area contributed by atoms with Crippen molar-refractivity contribution in [3.63, 3.8) is 0 Å². The molecule has 154 valence electrons. The summed E-state index contributed by atoms with van der Waals surface area (Å²) in [4.78, 5) is 14.1.